The number of hydrogen-bond acceptors (Lipinski definition) is 3. The zero-order chi connectivity index (χ0) is 13.8. The van der Waals surface area contributed by atoms with Gasteiger partial charge in [-0.25, -0.2) is 0 Å². The van der Waals surface area contributed by atoms with Crippen molar-refractivity contribution in [1.29, 1.82) is 0 Å². The largest absolute Gasteiger partial charge is 0.376 e. The van der Waals surface area contributed by atoms with Crippen molar-refractivity contribution in [2.24, 2.45) is 5.92 Å². The van der Waals surface area contributed by atoms with Crippen LogP contribution in [0.15, 0.2) is 18.2 Å². The van der Waals surface area contributed by atoms with Gasteiger partial charge in [0.05, 0.1) is 4.92 Å². The van der Waals surface area contributed by atoms with E-state index in [1.807, 2.05) is 0 Å². The molecule has 5 heteroatoms. The molecule has 1 aromatic carbocycles. The monoisotopic (exact) mass is 282 g/mol. The van der Waals surface area contributed by atoms with Crippen molar-refractivity contribution in [1.82, 2.24) is 0 Å². The lowest BCUT2D eigenvalue weighted by Gasteiger charge is -2.32. The maximum Gasteiger partial charge on any atom is 0.310 e. The average Bonchev–Trinajstić information content (AvgIpc) is 2.39. The molecule has 104 valence electrons. The van der Waals surface area contributed by atoms with E-state index >= 15 is 0 Å². The maximum atomic E-state index is 11.1. The Hall–Kier alpha value is -1.29. The van der Waals surface area contributed by atoms with Crippen LogP contribution in [0.2, 0.25) is 5.02 Å². The van der Waals surface area contributed by atoms with Crippen molar-refractivity contribution in [2.45, 2.75) is 45.1 Å². The summed E-state index contributed by atoms with van der Waals surface area (Å²) in [4.78, 5) is 10.7. The SMILES string of the molecule is CCC1CCCCC1Nc1cccc(Cl)c1[N+](=O)[O-]. The minimum absolute atomic E-state index is 0.00964. The first-order valence-corrected chi connectivity index (χ1v) is 7.20. The molecule has 0 saturated heterocycles. The molecule has 1 fully saturated rings. The second kappa shape index (κ2) is 6.24. The number of hydrogen-bond donors (Lipinski definition) is 1. The van der Waals surface area contributed by atoms with Gasteiger partial charge in [-0.3, -0.25) is 10.1 Å². The van der Waals surface area contributed by atoms with E-state index in [-0.39, 0.29) is 10.7 Å². The van der Waals surface area contributed by atoms with Crippen LogP contribution in [-0.4, -0.2) is 11.0 Å². The standard InChI is InChI=1S/C14H19ClN2O2/c1-2-10-6-3-4-8-12(10)16-13-9-5-7-11(15)14(13)17(18)19/h5,7,9-10,12,16H,2-4,6,8H2,1H3. The van der Waals surface area contributed by atoms with E-state index in [1.165, 1.54) is 19.3 Å². The molecule has 1 saturated carbocycles. The smallest absolute Gasteiger partial charge is 0.310 e. The van der Waals surface area contributed by atoms with Crippen LogP contribution in [0.1, 0.15) is 39.0 Å². The molecule has 2 rings (SSSR count). The summed E-state index contributed by atoms with van der Waals surface area (Å²) >= 11 is 5.93. The Morgan fingerprint density at radius 2 is 2.16 bits per heavy atom. The van der Waals surface area contributed by atoms with Crippen LogP contribution >= 0.6 is 11.6 Å². The van der Waals surface area contributed by atoms with Gasteiger partial charge in [-0.2, -0.15) is 0 Å². The van der Waals surface area contributed by atoms with Gasteiger partial charge in [0.25, 0.3) is 0 Å². The Bertz CT molecular complexity index is 465. The third-order valence-corrected chi connectivity index (χ3v) is 4.25. The highest BCUT2D eigenvalue weighted by Crippen LogP contribution is 2.36. The molecule has 1 N–H and O–H groups in total. The number of anilines is 1. The van der Waals surface area contributed by atoms with Gasteiger partial charge in [-0.05, 0) is 30.9 Å². The lowest BCUT2D eigenvalue weighted by Crippen LogP contribution is -2.32. The van der Waals surface area contributed by atoms with E-state index in [9.17, 15) is 10.1 Å². The van der Waals surface area contributed by atoms with Crippen molar-refractivity contribution < 1.29 is 4.92 Å². The van der Waals surface area contributed by atoms with Crippen LogP contribution in [-0.2, 0) is 0 Å². The Morgan fingerprint density at radius 1 is 1.42 bits per heavy atom. The molecule has 1 aliphatic carbocycles. The summed E-state index contributed by atoms with van der Waals surface area (Å²) in [6.45, 7) is 2.18. The summed E-state index contributed by atoms with van der Waals surface area (Å²) in [5.74, 6) is 0.590. The molecular formula is C14H19ClN2O2. The van der Waals surface area contributed by atoms with Gasteiger partial charge in [0.15, 0.2) is 0 Å². The topological polar surface area (TPSA) is 55.2 Å². The molecule has 4 nitrogen and oxygen atoms in total. The quantitative estimate of drug-likeness (QED) is 0.647. The van der Waals surface area contributed by atoms with Crippen LogP contribution in [0.25, 0.3) is 0 Å². The zero-order valence-electron chi connectivity index (χ0n) is 11.1. The number of nitrogens with one attached hydrogen (secondary N) is 1. The molecule has 1 aliphatic rings. The van der Waals surface area contributed by atoms with Crippen molar-refractivity contribution in [3.8, 4) is 0 Å². The van der Waals surface area contributed by atoms with Gasteiger partial charge < -0.3 is 5.32 Å². The van der Waals surface area contributed by atoms with Gasteiger partial charge in [-0.15, -0.1) is 0 Å². The molecule has 2 unspecified atom stereocenters. The predicted molar refractivity (Wildman–Crippen MR) is 77.8 cm³/mol. The first-order chi connectivity index (χ1) is 9.13. The average molecular weight is 283 g/mol. The summed E-state index contributed by atoms with van der Waals surface area (Å²) in [5, 5.41) is 14.7. The van der Waals surface area contributed by atoms with Crippen molar-refractivity contribution in [2.75, 3.05) is 5.32 Å². The van der Waals surface area contributed by atoms with E-state index in [0.29, 0.717) is 17.6 Å². The highest BCUT2D eigenvalue weighted by molar-refractivity contribution is 6.33. The summed E-state index contributed by atoms with van der Waals surface area (Å²) < 4.78 is 0. The summed E-state index contributed by atoms with van der Waals surface area (Å²) in [7, 11) is 0. The number of benzene rings is 1. The Morgan fingerprint density at radius 3 is 2.84 bits per heavy atom. The zero-order valence-corrected chi connectivity index (χ0v) is 11.8. The van der Waals surface area contributed by atoms with E-state index in [4.69, 9.17) is 11.6 Å². The van der Waals surface area contributed by atoms with Crippen LogP contribution in [0.5, 0.6) is 0 Å². The van der Waals surface area contributed by atoms with Crippen LogP contribution < -0.4 is 5.32 Å². The van der Waals surface area contributed by atoms with Gasteiger partial charge in [-0.1, -0.05) is 43.9 Å². The third kappa shape index (κ3) is 3.18. The Kier molecular flexibility index (Phi) is 4.64. The second-order valence-electron chi connectivity index (χ2n) is 5.10. The molecule has 0 aromatic heterocycles. The van der Waals surface area contributed by atoms with Gasteiger partial charge >= 0.3 is 5.69 Å². The molecule has 0 aliphatic heterocycles. The predicted octanol–water partition coefficient (Wildman–Crippen LogP) is 4.63. The summed E-state index contributed by atoms with van der Waals surface area (Å²) in [6.07, 6.45) is 5.81. The number of rotatable bonds is 4. The fourth-order valence-corrected chi connectivity index (χ4v) is 3.15. The molecule has 0 heterocycles. The lowest BCUT2D eigenvalue weighted by atomic mass is 9.83. The Labute approximate surface area is 118 Å². The Balaban J connectivity index is 2.22. The van der Waals surface area contributed by atoms with E-state index in [2.05, 4.69) is 12.2 Å². The maximum absolute atomic E-state index is 11.1. The summed E-state index contributed by atoms with van der Waals surface area (Å²) in [5.41, 5.74) is 0.535. The van der Waals surface area contributed by atoms with Crippen molar-refractivity contribution in [3.63, 3.8) is 0 Å². The second-order valence-corrected chi connectivity index (χ2v) is 5.50. The van der Waals surface area contributed by atoms with Crippen LogP contribution in [0.3, 0.4) is 0 Å². The number of nitro benzene ring substituents is 1. The molecule has 0 amide bonds. The first-order valence-electron chi connectivity index (χ1n) is 6.83. The van der Waals surface area contributed by atoms with E-state index < -0.39 is 4.92 Å². The molecule has 19 heavy (non-hydrogen) atoms. The van der Waals surface area contributed by atoms with Crippen molar-refractivity contribution >= 4 is 23.0 Å². The van der Waals surface area contributed by atoms with Crippen LogP contribution in [0, 0.1) is 16.0 Å². The fraction of sp³-hybridized carbons (Fsp3) is 0.571. The molecule has 0 radical (unpaired) electrons. The van der Waals surface area contributed by atoms with Crippen LogP contribution in [0.4, 0.5) is 11.4 Å². The summed E-state index contributed by atoms with van der Waals surface area (Å²) in [6, 6.07) is 5.37. The minimum atomic E-state index is -0.408. The first kappa shape index (κ1) is 14.1. The highest BCUT2D eigenvalue weighted by Gasteiger charge is 2.26. The van der Waals surface area contributed by atoms with Gasteiger partial charge in [0.1, 0.15) is 10.7 Å². The number of halogens is 1. The molecule has 1 aromatic rings. The molecule has 2 atom stereocenters. The number of nitrogens with zero attached hydrogens (tertiary/aromatic N) is 1. The van der Waals surface area contributed by atoms with E-state index in [1.54, 1.807) is 18.2 Å². The van der Waals surface area contributed by atoms with Crippen molar-refractivity contribution in [3.05, 3.63) is 33.3 Å². The molecule has 0 bridgehead atoms. The third-order valence-electron chi connectivity index (χ3n) is 3.94. The normalized spacial score (nSPS) is 23.1. The fourth-order valence-electron chi connectivity index (χ4n) is 2.90. The van der Waals surface area contributed by atoms with Gasteiger partial charge in [0.2, 0.25) is 0 Å². The minimum Gasteiger partial charge on any atom is -0.376 e. The number of nitro groups is 1. The molecular weight excluding hydrogens is 264 g/mol. The lowest BCUT2D eigenvalue weighted by molar-refractivity contribution is -0.383. The highest BCUT2D eigenvalue weighted by atomic mass is 35.5. The number of para-hydroxylation sites is 1. The van der Waals surface area contributed by atoms with E-state index in [0.717, 1.165) is 12.8 Å². The molecule has 0 spiro atoms. The van der Waals surface area contributed by atoms with Gasteiger partial charge in [0, 0.05) is 6.04 Å².